The molecule has 0 aliphatic carbocycles. The van der Waals surface area contributed by atoms with E-state index in [1.807, 2.05) is 0 Å². The number of hydrogen-bond donors (Lipinski definition) is 0. The third-order valence-corrected chi connectivity index (χ3v) is 4.54. The molecule has 0 aromatic heterocycles. The van der Waals surface area contributed by atoms with Gasteiger partial charge in [-0.05, 0) is 49.9 Å². The van der Waals surface area contributed by atoms with Crippen molar-refractivity contribution in [1.29, 1.82) is 0 Å². The summed E-state index contributed by atoms with van der Waals surface area (Å²) in [4.78, 5) is 0. The van der Waals surface area contributed by atoms with Crippen LogP contribution in [0.3, 0.4) is 0 Å². The van der Waals surface area contributed by atoms with Crippen molar-refractivity contribution in [3.63, 3.8) is 0 Å². The minimum atomic E-state index is 0.489. The summed E-state index contributed by atoms with van der Waals surface area (Å²) >= 11 is 0. The zero-order valence-electron chi connectivity index (χ0n) is 11.7. The van der Waals surface area contributed by atoms with Crippen molar-refractivity contribution < 1.29 is 9.47 Å². The Hall–Kier alpha value is -0.0800. The summed E-state index contributed by atoms with van der Waals surface area (Å²) in [6, 6.07) is 0. The van der Waals surface area contributed by atoms with Gasteiger partial charge in [0.05, 0.1) is 18.8 Å². The van der Waals surface area contributed by atoms with Crippen molar-refractivity contribution >= 4 is 0 Å². The SMILES string of the molecule is CC(C)C1COC(CC(C)C2CCCCO2)C1. The summed E-state index contributed by atoms with van der Waals surface area (Å²) in [7, 11) is 0. The maximum atomic E-state index is 5.93. The first-order valence-electron chi connectivity index (χ1n) is 7.40. The Bertz CT molecular complexity index is 221. The molecule has 0 saturated carbocycles. The van der Waals surface area contributed by atoms with E-state index >= 15 is 0 Å². The first kappa shape index (κ1) is 13.4. The molecular formula is C15H28O2. The molecule has 2 rings (SSSR count). The first-order valence-corrected chi connectivity index (χ1v) is 7.40. The largest absolute Gasteiger partial charge is 0.378 e. The normalized spacial score (nSPS) is 36.4. The van der Waals surface area contributed by atoms with Crippen LogP contribution in [-0.4, -0.2) is 25.4 Å². The molecule has 0 spiro atoms. The summed E-state index contributed by atoms with van der Waals surface area (Å²) in [6.45, 7) is 8.89. The molecule has 0 amide bonds. The average molecular weight is 240 g/mol. The Balaban J connectivity index is 1.73. The molecule has 4 atom stereocenters. The fourth-order valence-corrected chi connectivity index (χ4v) is 3.14. The second-order valence-corrected chi connectivity index (χ2v) is 6.31. The highest BCUT2D eigenvalue weighted by Gasteiger charge is 2.31. The summed E-state index contributed by atoms with van der Waals surface area (Å²) in [5.41, 5.74) is 0. The lowest BCUT2D eigenvalue weighted by molar-refractivity contribution is -0.0313. The van der Waals surface area contributed by atoms with E-state index in [0.717, 1.165) is 25.0 Å². The monoisotopic (exact) mass is 240 g/mol. The molecule has 0 aromatic rings. The van der Waals surface area contributed by atoms with Gasteiger partial charge < -0.3 is 9.47 Å². The van der Waals surface area contributed by atoms with Gasteiger partial charge in [-0.25, -0.2) is 0 Å². The molecule has 2 nitrogen and oxygen atoms in total. The van der Waals surface area contributed by atoms with Crippen LogP contribution >= 0.6 is 0 Å². The summed E-state index contributed by atoms with van der Waals surface area (Å²) in [5, 5.41) is 0. The first-order chi connectivity index (χ1) is 8.16. The van der Waals surface area contributed by atoms with Crippen molar-refractivity contribution in [2.75, 3.05) is 13.2 Å². The van der Waals surface area contributed by atoms with E-state index < -0.39 is 0 Å². The molecule has 0 N–H and O–H groups in total. The van der Waals surface area contributed by atoms with Crippen LogP contribution in [0.2, 0.25) is 0 Å². The van der Waals surface area contributed by atoms with Crippen LogP contribution in [0.25, 0.3) is 0 Å². The van der Waals surface area contributed by atoms with Crippen LogP contribution < -0.4 is 0 Å². The van der Waals surface area contributed by atoms with Gasteiger partial charge in [0.25, 0.3) is 0 Å². The van der Waals surface area contributed by atoms with Crippen LogP contribution in [0.5, 0.6) is 0 Å². The van der Waals surface area contributed by atoms with Gasteiger partial charge in [0.2, 0.25) is 0 Å². The second kappa shape index (κ2) is 6.19. The Labute approximate surface area is 106 Å². The standard InChI is InChI=1S/C15H28O2/c1-11(2)13-9-14(17-10-13)8-12(3)15-6-4-5-7-16-15/h11-15H,4-10H2,1-3H3. The van der Waals surface area contributed by atoms with Gasteiger partial charge in [-0.3, -0.25) is 0 Å². The third-order valence-electron chi connectivity index (χ3n) is 4.54. The van der Waals surface area contributed by atoms with Gasteiger partial charge in [-0.1, -0.05) is 20.8 Å². The number of rotatable bonds is 4. The van der Waals surface area contributed by atoms with Gasteiger partial charge >= 0.3 is 0 Å². The smallest absolute Gasteiger partial charge is 0.0601 e. The summed E-state index contributed by atoms with van der Waals surface area (Å²) in [6.07, 6.45) is 7.27. The Morgan fingerprint density at radius 2 is 1.94 bits per heavy atom. The summed E-state index contributed by atoms with van der Waals surface area (Å²) < 4.78 is 11.8. The zero-order chi connectivity index (χ0) is 12.3. The molecule has 0 bridgehead atoms. The number of hydrogen-bond acceptors (Lipinski definition) is 2. The molecule has 2 saturated heterocycles. The lowest BCUT2D eigenvalue weighted by atomic mass is 9.88. The molecule has 2 heterocycles. The van der Waals surface area contributed by atoms with Crippen molar-refractivity contribution in [2.45, 2.75) is 65.1 Å². The molecule has 0 radical (unpaired) electrons. The Morgan fingerprint density at radius 3 is 2.53 bits per heavy atom. The molecule has 0 aromatic carbocycles. The highest BCUT2D eigenvalue weighted by molar-refractivity contribution is 4.80. The van der Waals surface area contributed by atoms with E-state index in [1.165, 1.54) is 32.1 Å². The topological polar surface area (TPSA) is 18.5 Å². The van der Waals surface area contributed by atoms with Crippen molar-refractivity contribution in [1.82, 2.24) is 0 Å². The lowest BCUT2D eigenvalue weighted by Crippen LogP contribution is -2.28. The number of ether oxygens (including phenoxy) is 2. The van der Waals surface area contributed by atoms with Crippen LogP contribution in [0.4, 0.5) is 0 Å². The molecule has 100 valence electrons. The van der Waals surface area contributed by atoms with E-state index in [0.29, 0.717) is 18.1 Å². The van der Waals surface area contributed by atoms with Crippen LogP contribution in [0.15, 0.2) is 0 Å². The van der Waals surface area contributed by atoms with Gasteiger partial charge in [0.15, 0.2) is 0 Å². The highest BCUT2D eigenvalue weighted by Crippen LogP contribution is 2.32. The minimum Gasteiger partial charge on any atom is -0.378 e. The van der Waals surface area contributed by atoms with Gasteiger partial charge in [0, 0.05) is 6.61 Å². The van der Waals surface area contributed by atoms with E-state index in [1.54, 1.807) is 0 Å². The van der Waals surface area contributed by atoms with Crippen molar-refractivity contribution in [2.24, 2.45) is 17.8 Å². The van der Waals surface area contributed by atoms with Crippen LogP contribution in [-0.2, 0) is 9.47 Å². The second-order valence-electron chi connectivity index (χ2n) is 6.31. The van der Waals surface area contributed by atoms with Crippen molar-refractivity contribution in [3.05, 3.63) is 0 Å². The van der Waals surface area contributed by atoms with Crippen molar-refractivity contribution in [3.8, 4) is 0 Å². The van der Waals surface area contributed by atoms with E-state index in [2.05, 4.69) is 20.8 Å². The maximum absolute atomic E-state index is 5.93. The Morgan fingerprint density at radius 1 is 1.12 bits per heavy atom. The predicted octanol–water partition coefficient (Wildman–Crippen LogP) is 3.64. The van der Waals surface area contributed by atoms with Gasteiger partial charge in [-0.15, -0.1) is 0 Å². The fraction of sp³-hybridized carbons (Fsp3) is 1.00. The maximum Gasteiger partial charge on any atom is 0.0601 e. The zero-order valence-corrected chi connectivity index (χ0v) is 11.7. The quantitative estimate of drug-likeness (QED) is 0.747. The highest BCUT2D eigenvalue weighted by atomic mass is 16.5. The Kier molecular flexibility index (Phi) is 4.87. The van der Waals surface area contributed by atoms with Gasteiger partial charge in [-0.2, -0.15) is 0 Å². The van der Waals surface area contributed by atoms with Crippen LogP contribution in [0.1, 0.15) is 52.9 Å². The average Bonchev–Trinajstić information content (AvgIpc) is 2.79. The van der Waals surface area contributed by atoms with E-state index in [4.69, 9.17) is 9.47 Å². The van der Waals surface area contributed by atoms with Gasteiger partial charge in [0.1, 0.15) is 0 Å². The molecule has 17 heavy (non-hydrogen) atoms. The predicted molar refractivity (Wildman–Crippen MR) is 70.1 cm³/mol. The fourth-order valence-electron chi connectivity index (χ4n) is 3.14. The minimum absolute atomic E-state index is 0.489. The molecule has 2 heteroatoms. The molecule has 2 aliphatic heterocycles. The van der Waals surface area contributed by atoms with Crippen LogP contribution in [0, 0.1) is 17.8 Å². The molecular weight excluding hydrogens is 212 g/mol. The molecule has 2 aliphatic rings. The summed E-state index contributed by atoms with van der Waals surface area (Å²) in [5.74, 6) is 2.20. The molecule has 4 unspecified atom stereocenters. The lowest BCUT2D eigenvalue weighted by Gasteiger charge is -2.29. The van der Waals surface area contributed by atoms with E-state index in [-0.39, 0.29) is 0 Å². The third kappa shape index (κ3) is 3.69. The molecule has 2 fully saturated rings. The van der Waals surface area contributed by atoms with E-state index in [9.17, 15) is 0 Å².